The molecule has 4 heterocycles. The largest absolute Gasteiger partial charge is 0.309 e. The second-order valence-corrected chi connectivity index (χ2v) is 8.58. The van der Waals surface area contributed by atoms with Crippen LogP contribution in [0.2, 0.25) is 0 Å². The zero-order chi connectivity index (χ0) is 22.9. The number of benzene rings is 1. The van der Waals surface area contributed by atoms with E-state index in [9.17, 15) is 4.39 Å². The third kappa shape index (κ3) is 4.55. The van der Waals surface area contributed by atoms with Gasteiger partial charge in [-0.25, -0.2) is 19.3 Å². The van der Waals surface area contributed by atoms with Crippen molar-refractivity contribution in [2.75, 3.05) is 38.5 Å². The van der Waals surface area contributed by atoms with Crippen molar-refractivity contribution in [1.29, 1.82) is 0 Å². The van der Waals surface area contributed by atoms with Crippen LogP contribution < -0.4 is 5.32 Å². The van der Waals surface area contributed by atoms with E-state index in [1.165, 1.54) is 11.6 Å². The molecule has 1 fully saturated rings. The predicted octanol–water partition coefficient (Wildman–Crippen LogP) is 3.36. The first-order valence-electron chi connectivity index (χ1n) is 11.1. The topological polar surface area (TPSA) is 75.0 Å². The van der Waals surface area contributed by atoms with Gasteiger partial charge in [0.15, 0.2) is 5.82 Å². The fraction of sp³-hybridized carbons (Fsp3) is 0.333. The molecule has 0 saturated carbocycles. The van der Waals surface area contributed by atoms with E-state index in [0.29, 0.717) is 28.5 Å². The number of likely N-dealkylation sites (N-methyl/N-ethyl adjacent to an activating group) is 1. The van der Waals surface area contributed by atoms with Gasteiger partial charge in [0, 0.05) is 68.8 Å². The van der Waals surface area contributed by atoms with Gasteiger partial charge in [0.05, 0.1) is 5.69 Å². The number of hydrogen-bond donors (Lipinski definition) is 1. The number of rotatable bonds is 5. The molecule has 5 rings (SSSR count). The summed E-state index contributed by atoms with van der Waals surface area (Å²) in [7, 11) is 3.97. The number of nitrogens with one attached hydrogen (secondary N) is 1. The first-order chi connectivity index (χ1) is 16.0. The zero-order valence-corrected chi connectivity index (χ0v) is 19.1. The van der Waals surface area contributed by atoms with Crippen molar-refractivity contribution in [3.05, 3.63) is 59.8 Å². The number of piperazine rings is 1. The van der Waals surface area contributed by atoms with Gasteiger partial charge in [-0.1, -0.05) is 6.07 Å². The van der Waals surface area contributed by atoms with Crippen LogP contribution in [0.25, 0.3) is 22.2 Å². The number of anilines is 2. The number of aryl methyl sites for hydroxylation is 2. The molecule has 1 aliphatic rings. The normalized spacial score (nSPS) is 15.3. The summed E-state index contributed by atoms with van der Waals surface area (Å²) >= 11 is 0. The highest BCUT2D eigenvalue weighted by molar-refractivity contribution is 5.86. The molecule has 1 aromatic carbocycles. The van der Waals surface area contributed by atoms with E-state index in [1.54, 1.807) is 16.9 Å². The lowest BCUT2D eigenvalue weighted by molar-refractivity contribution is 0.148. The van der Waals surface area contributed by atoms with E-state index in [2.05, 4.69) is 48.3 Å². The maximum Gasteiger partial charge on any atom is 0.228 e. The Morgan fingerprint density at radius 1 is 1.03 bits per heavy atom. The molecule has 33 heavy (non-hydrogen) atoms. The summed E-state index contributed by atoms with van der Waals surface area (Å²) in [6, 6.07) is 9.16. The number of hydrogen-bond acceptors (Lipinski definition) is 7. The lowest BCUT2D eigenvalue weighted by atomic mass is 10.1. The van der Waals surface area contributed by atoms with Crippen molar-refractivity contribution in [3.63, 3.8) is 0 Å². The summed E-state index contributed by atoms with van der Waals surface area (Å²) in [5.41, 5.74) is 3.75. The van der Waals surface area contributed by atoms with Crippen LogP contribution in [0.15, 0.2) is 42.7 Å². The molecule has 0 bridgehead atoms. The average Bonchev–Trinajstić information content (AvgIpc) is 3.11. The van der Waals surface area contributed by atoms with Crippen LogP contribution in [0, 0.1) is 12.7 Å². The summed E-state index contributed by atoms with van der Waals surface area (Å²) in [4.78, 5) is 18.2. The van der Waals surface area contributed by atoms with Crippen molar-refractivity contribution in [3.8, 4) is 11.3 Å². The van der Waals surface area contributed by atoms with Crippen molar-refractivity contribution in [1.82, 2.24) is 34.5 Å². The van der Waals surface area contributed by atoms with Crippen LogP contribution in [0.5, 0.6) is 0 Å². The molecule has 8 nitrogen and oxygen atoms in total. The molecule has 0 amide bonds. The van der Waals surface area contributed by atoms with Crippen molar-refractivity contribution in [2.45, 2.75) is 13.5 Å². The first kappa shape index (κ1) is 21.4. The quantitative estimate of drug-likeness (QED) is 0.504. The molecular formula is C24H27FN8. The number of pyridine rings is 1. The summed E-state index contributed by atoms with van der Waals surface area (Å²) in [6.07, 6.45) is 3.55. The Kier molecular flexibility index (Phi) is 5.74. The standard InChI is InChI=1S/C24H27FN8/c1-16-19-12-18(13-20(25)23(19)30-32(16)3)21-6-7-26-24(28-21)29-22-5-4-17(14-27-22)15-33-10-8-31(2)9-11-33/h4-7,12-14H,8-11,15H2,1-3H3,(H,26,27,28,29). The van der Waals surface area contributed by atoms with Crippen LogP contribution in [-0.2, 0) is 13.6 Å². The maximum atomic E-state index is 14.6. The predicted molar refractivity (Wildman–Crippen MR) is 127 cm³/mol. The fourth-order valence-corrected chi connectivity index (χ4v) is 4.07. The van der Waals surface area contributed by atoms with E-state index < -0.39 is 0 Å². The van der Waals surface area contributed by atoms with Gasteiger partial charge in [-0.2, -0.15) is 5.10 Å². The molecule has 0 spiro atoms. The first-order valence-corrected chi connectivity index (χ1v) is 11.1. The van der Waals surface area contributed by atoms with Gasteiger partial charge in [-0.3, -0.25) is 9.58 Å². The van der Waals surface area contributed by atoms with E-state index >= 15 is 0 Å². The molecule has 0 radical (unpaired) electrons. The van der Waals surface area contributed by atoms with Crippen molar-refractivity contribution in [2.24, 2.45) is 7.05 Å². The molecule has 1 aliphatic heterocycles. The fourth-order valence-electron chi connectivity index (χ4n) is 4.07. The zero-order valence-electron chi connectivity index (χ0n) is 19.1. The van der Waals surface area contributed by atoms with E-state index in [-0.39, 0.29) is 5.82 Å². The number of halogens is 1. The minimum Gasteiger partial charge on any atom is -0.309 e. The molecule has 0 atom stereocenters. The lowest BCUT2D eigenvalue weighted by Crippen LogP contribution is -2.43. The number of nitrogens with zero attached hydrogens (tertiary/aromatic N) is 7. The molecule has 170 valence electrons. The van der Waals surface area contributed by atoms with E-state index in [0.717, 1.165) is 43.8 Å². The summed E-state index contributed by atoms with van der Waals surface area (Å²) in [5, 5.41) is 8.18. The highest BCUT2D eigenvalue weighted by Crippen LogP contribution is 2.28. The van der Waals surface area contributed by atoms with Crippen LogP contribution in [0.3, 0.4) is 0 Å². The van der Waals surface area contributed by atoms with Crippen LogP contribution in [0.4, 0.5) is 16.2 Å². The van der Waals surface area contributed by atoms with Crippen LogP contribution in [-0.4, -0.2) is 67.8 Å². The molecule has 0 unspecified atom stereocenters. The van der Waals surface area contributed by atoms with Gasteiger partial charge in [-0.15, -0.1) is 0 Å². The highest BCUT2D eigenvalue weighted by Gasteiger charge is 2.15. The molecular weight excluding hydrogens is 419 g/mol. The Balaban J connectivity index is 1.32. The van der Waals surface area contributed by atoms with Crippen LogP contribution in [0.1, 0.15) is 11.3 Å². The molecule has 3 aromatic heterocycles. The molecule has 4 aromatic rings. The van der Waals surface area contributed by atoms with Crippen molar-refractivity contribution < 1.29 is 4.39 Å². The van der Waals surface area contributed by atoms with E-state index in [4.69, 9.17) is 0 Å². The maximum absolute atomic E-state index is 14.6. The third-order valence-corrected chi connectivity index (χ3v) is 6.21. The van der Waals surface area contributed by atoms with Crippen LogP contribution >= 0.6 is 0 Å². The number of aromatic nitrogens is 5. The minimum absolute atomic E-state index is 0.364. The number of fused-ring (bicyclic) bond motifs is 1. The Morgan fingerprint density at radius 3 is 2.61 bits per heavy atom. The monoisotopic (exact) mass is 446 g/mol. The van der Waals surface area contributed by atoms with Gasteiger partial charge in [0.25, 0.3) is 0 Å². The molecule has 1 N–H and O–H groups in total. The SMILES string of the molecule is Cc1c2cc(-c3ccnc(Nc4ccc(CN5CCN(C)CC5)cn4)n3)cc(F)c2nn1C. The van der Waals surface area contributed by atoms with E-state index in [1.807, 2.05) is 32.3 Å². The third-order valence-electron chi connectivity index (χ3n) is 6.21. The van der Waals surface area contributed by atoms with Crippen molar-refractivity contribution >= 4 is 22.7 Å². The Hall–Kier alpha value is -3.43. The summed E-state index contributed by atoms with van der Waals surface area (Å²) in [5.74, 6) is 0.714. The summed E-state index contributed by atoms with van der Waals surface area (Å²) in [6.45, 7) is 7.15. The Bertz CT molecular complexity index is 1280. The highest BCUT2D eigenvalue weighted by atomic mass is 19.1. The second kappa shape index (κ2) is 8.84. The molecule has 9 heteroatoms. The Labute approximate surface area is 192 Å². The molecule has 0 aliphatic carbocycles. The van der Waals surface area contributed by atoms with Gasteiger partial charge in [-0.05, 0) is 43.8 Å². The summed E-state index contributed by atoms with van der Waals surface area (Å²) < 4.78 is 16.3. The van der Waals surface area contributed by atoms with Gasteiger partial charge < -0.3 is 10.2 Å². The smallest absolute Gasteiger partial charge is 0.228 e. The molecule has 1 saturated heterocycles. The van der Waals surface area contributed by atoms with Gasteiger partial charge >= 0.3 is 0 Å². The second-order valence-electron chi connectivity index (χ2n) is 8.58. The Morgan fingerprint density at radius 2 is 1.85 bits per heavy atom. The van der Waals surface area contributed by atoms with Gasteiger partial charge in [0.1, 0.15) is 11.3 Å². The van der Waals surface area contributed by atoms with Gasteiger partial charge in [0.2, 0.25) is 5.95 Å². The average molecular weight is 447 g/mol. The minimum atomic E-state index is -0.364. The lowest BCUT2D eigenvalue weighted by Gasteiger charge is -2.32.